The van der Waals surface area contributed by atoms with Crippen LogP contribution < -0.4 is 5.32 Å². The minimum Gasteiger partial charge on any atom is -0.417 e. The van der Waals surface area contributed by atoms with Gasteiger partial charge in [-0.25, -0.2) is 0 Å². The highest BCUT2D eigenvalue weighted by Gasteiger charge is 2.11. The van der Waals surface area contributed by atoms with Gasteiger partial charge in [0.05, 0.1) is 11.4 Å². The highest BCUT2D eigenvalue weighted by atomic mass is 32.1. The maximum absolute atomic E-state index is 11.8. The lowest BCUT2D eigenvalue weighted by Gasteiger charge is -1.98. The summed E-state index contributed by atoms with van der Waals surface area (Å²) in [6, 6.07) is 9.01. The molecule has 3 rings (SSSR count). The standard InChI is InChI=1S/C13H10N4O2S/c18-12(10-5-3-7-20-10)15-8-11-16-17-13(19-11)9-4-1-2-6-14-9/h1-7H,8H2,(H,15,18). The van der Waals surface area contributed by atoms with Crippen LogP contribution >= 0.6 is 11.3 Å². The monoisotopic (exact) mass is 286 g/mol. The zero-order chi connectivity index (χ0) is 13.8. The van der Waals surface area contributed by atoms with E-state index in [0.29, 0.717) is 22.4 Å². The Bertz CT molecular complexity index is 694. The van der Waals surface area contributed by atoms with Crippen molar-refractivity contribution in [2.24, 2.45) is 0 Å². The Morgan fingerprint density at radius 3 is 2.95 bits per heavy atom. The molecule has 0 aliphatic carbocycles. The molecule has 7 heteroatoms. The number of nitrogens with zero attached hydrogens (tertiary/aromatic N) is 3. The van der Waals surface area contributed by atoms with Crippen LogP contribution in [0.1, 0.15) is 15.6 Å². The van der Waals surface area contributed by atoms with Crippen LogP contribution in [0.5, 0.6) is 0 Å². The van der Waals surface area contributed by atoms with E-state index in [1.165, 1.54) is 11.3 Å². The zero-order valence-electron chi connectivity index (χ0n) is 10.3. The van der Waals surface area contributed by atoms with E-state index in [4.69, 9.17) is 4.42 Å². The van der Waals surface area contributed by atoms with Crippen LogP contribution in [0.2, 0.25) is 0 Å². The topological polar surface area (TPSA) is 80.9 Å². The second kappa shape index (κ2) is 5.62. The lowest BCUT2D eigenvalue weighted by molar-refractivity contribution is 0.0951. The lowest BCUT2D eigenvalue weighted by Crippen LogP contribution is -2.21. The highest BCUT2D eigenvalue weighted by Crippen LogP contribution is 2.14. The van der Waals surface area contributed by atoms with Crippen molar-refractivity contribution in [2.45, 2.75) is 6.54 Å². The van der Waals surface area contributed by atoms with Crippen molar-refractivity contribution in [3.63, 3.8) is 0 Å². The average molecular weight is 286 g/mol. The molecule has 0 saturated heterocycles. The molecule has 0 atom stereocenters. The quantitative estimate of drug-likeness (QED) is 0.794. The first-order chi connectivity index (χ1) is 9.83. The highest BCUT2D eigenvalue weighted by molar-refractivity contribution is 7.12. The summed E-state index contributed by atoms with van der Waals surface area (Å²) in [5, 5.41) is 12.3. The average Bonchev–Trinajstić information content (AvgIpc) is 3.17. The fraction of sp³-hybridized carbons (Fsp3) is 0.0769. The van der Waals surface area contributed by atoms with Crippen LogP contribution in [-0.4, -0.2) is 21.1 Å². The zero-order valence-corrected chi connectivity index (χ0v) is 11.1. The van der Waals surface area contributed by atoms with Gasteiger partial charge in [-0.15, -0.1) is 21.5 Å². The fourth-order valence-corrected chi connectivity index (χ4v) is 2.21. The van der Waals surface area contributed by atoms with Gasteiger partial charge in [0, 0.05) is 6.20 Å². The molecule has 3 aromatic rings. The second-order valence-electron chi connectivity index (χ2n) is 3.88. The van der Waals surface area contributed by atoms with Crippen molar-refractivity contribution in [3.8, 4) is 11.6 Å². The molecule has 0 unspecified atom stereocenters. The Kier molecular flexibility index (Phi) is 3.51. The molecule has 1 amide bonds. The summed E-state index contributed by atoms with van der Waals surface area (Å²) in [5.74, 6) is 0.527. The predicted octanol–water partition coefficient (Wildman–Crippen LogP) is 2.12. The lowest BCUT2D eigenvalue weighted by atomic mass is 10.3. The van der Waals surface area contributed by atoms with Crippen LogP contribution in [-0.2, 0) is 6.54 Å². The summed E-state index contributed by atoms with van der Waals surface area (Å²) in [4.78, 5) is 16.5. The molecular formula is C13H10N4O2S. The molecule has 0 aliphatic heterocycles. The van der Waals surface area contributed by atoms with Crippen LogP contribution in [0.15, 0.2) is 46.3 Å². The Balaban J connectivity index is 1.65. The van der Waals surface area contributed by atoms with Crippen molar-refractivity contribution in [3.05, 3.63) is 52.7 Å². The van der Waals surface area contributed by atoms with E-state index in [2.05, 4.69) is 20.5 Å². The third-order valence-electron chi connectivity index (χ3n) is 2.50. The maximum Gasteiger partial charge on any atom is 0.266 e. The number of pyridine rings is 1. The van der Waals surface area contributed by atoms with E-state index in [0.717, 1.165) is 0 Å². The van der Waals surface area contributed by atoms with Gasteiger partial charge in [-0.1, -0.05) is 12.1 Å². The molecule has 6 nitrogen and oxygen atoms in total. The van der Waals surface area contributed by atoms with Gasteiger partial charge >= 0.3 is 0 Å². The molecule has 0 bridgehead atoms. The van der Waals surface area contributed by atoms with E-state index in [1.54, 1.807) is 18.3 Å². The Morgan fingerprint density at radius 1 is 1.25 bits per heavy atom. The summed E-state index contributed by atoms with van der Waals surface area (Å²) < 4.78 is 5.44. The Morgan fingerprint density at radius 2 is 2.20 bits per heavy atom. The molecule has 20 heavy (non-hydrogen) atoms. The summed E-state index contributed by atoms with van der Waals surface area (Å²) in [6.07, 6.45) is 1.65. The Hall–Kier alpha value is -2.54. The first-order valence-electron chi connectivity index (χ1n) is 5.88. The normalized spacial score (nSPS) is 10.4. The molecule has 0 aliphatic rings. The molecule has 3 aromatic heterocycles. The SMILES string of the molecule is O=C(NCc1nnc(-c2ccccn2)o1)c1cccs1. The van der Waals surface area contributed by atoms with Gasteiger partial charge in [-0.05, 0) is 23.6 Å². The summed E-state index contributed by atoms with van der Waals surface area (Å²) in [5.41, 5.74) is 0.607. The van der Waals surface area contributed by atoms with Gasteiger partial charge in [0.1, 0.15) is 5.69 Å². The van der Waals surface area contributed by atoms with E-state index in [1.807, 2.05) is 23.6 Å². The third kappa shape index (κ3) is 2.72. The number of rotatable bonds is 4. The van der Waals surface area contributed by atoms with Crippen molar-refractivity contribution in [1.82, 2.24) is 20.5 Å². The number of aromatic nitrogens is 3. The van der Waals surface area contributed by atoms with Gasteiger partial charge in [0.15, 0.2) is 0 Å². The first-order valence-corrected chi connectivity index (χ1v) is 6.76. The summed E-state index contributed by atoms with van der Waals surface area (Å²) in [6.45, 7) is 0.191. The van der Waals surface area contributed by atoms with Crippen LogP contribution in [0, 0.1) is 0 Å². The molecule has 0 radical (unpaired) electrons. The smallest absolute Gasteiger partial charge is 0.266 e. The maximum atomic E-state index is 11.8. The number of thiophene rings is 1. The van der Waals surface area contributed by atoms with Crippen molar-refractivity contribution in [2.75, 3.05) is 0 Å². The van der Waals surface area contributed by atoms with Gasteiger partial charge in [-0.2, -0.15) is 0 Å². The van der Waals surface area contributed by atoms with Crippen molar-refractivity contribution >= 4 is 17.2 Å². The molecule has 3 heterocycles. The number of nitrogens with one attached hydrogen (secondary N) is 1. The Labute approximate surface area is 118 Å². The first kappa shape index (κ1) is 12.5. The summed E-state index contributed by atoms with van der Waals surface area (Å²) in [7, 11) is 0. The molecule has 0 spiro atoms. The second-order valence-corrected chi connectivity index (χ2v) is 4.82. The number of amides is 1. The molecule has 0 saturated carbocycles. The largest absolute Gasteiger partial charge is 0.417 e. The molecular weight excluding hydrogens is 276 g/mol. The van der Waals surface area contributed by atoms with E-state index in [9.17, 15) is 4.79 Å². The number of hydrogen-bond donors (Lipinski definition) is 1. The molecule has 1 N–H and O–H groups in total. The predicted molar refractivity (Wildman–Crippen MR) is 73.0 cm³/mol. The summed E-state index contributed by atoms with van der Waals surface area (Å²) >= 11 is 1.38. The molecule has 100 valence electrons. The minimum atomic E-state index is -0.155. The van der Waals surface area contributed by atoms with Gasteiger partial charge in [0.25, 0.3) is 11.8 Å². The third-order valence-corrected chi connectivity index (χ3v) is 3.36. The van der Waals surface area contributed by atoms with E-state index >= 15 is 0 Å². The number of carbonyl (C=O) groups excluding carboxylic acids is 1. The van der Waals surface area contributed by atoms with Gasteiger partial charge < -0.3 is 9.73 Å². The van der Waals surface area contributed by atoms with E-state index in [-0.39, 0.29) is 12.5 Å². The number of hydrogen-bond acceptors (Lipinski definition) is 6. The minimum absolute atomic E-state index is 0.155. The van der Waals surface area contributed by atoms with Gasteiger partial charge in [0.2, 0.25) is 5.89 Å². The van der Waals surface area contributed by atoms with Crippen molar-refractivity contribution in [1.29, 1.82) is 0 Å². The molecule has 0 fully saturated rings. The van der Waals surface area contributed by atoms with E-state index < -0.39 is 0 Å². The molecule has 0 aromatic carbocycles. The van der Waals surface area contributed by atoms with Crippen molar-refractivity contribution < 1.29 is 9.21 Å². The van der Waals surface area contributed by atoms with Crippen LogP contribution in [0.25, 0.3) is 11.6 Å². The fourth-order valence-electron chi connectivity index (χ4n) is 1.57. The van der Waals surface area contributed by atoms with Crippen LogP contribution in [0.3, 0.4) is 0 Å². The number of carbonyl (C=O) groups is 1. The van der Waals surface area contributed by atoms with Gasteiger partial charge in [-0.3, -0.25) is 9.78 Å². The van der Waals surface area contributed by atoms with Crippen LogP contribution in [0.4, 0.5) is 0 Å².